The number of rotatable bonds is 3. The summed E-state index contributed by atoms with van der Waals surface area (Å²) in [5, 5.41) is 8.33. The zero-order chi connectivity index (χ0) is 10.7. The molecule has 2 N–H and O–H groups in total. The zero-order valence-corrected chi connectivity index (χ0v) is 7.52. The molecule has 0 heterocycles. The second kappa shape index (κ2) is 4.43. The van der Waals surface area contributed by atoms with Gasteiger partial charge in [0.2, 0.25) is 0 Å². The molecule has 0 aromatic heterocycles. The fraction of sp³-hybridized carbons (Fsp3) is 0.333. The fourth-order valence-corrected chi connectivity index (χ4v) is 1.11. The van der Waals surface area contributed by atoms with Crippen molar-refractivity contribution in [2.45, 2.75) is 19.6 Å². The van der Waals surface area contributed by atoms with Crippen molar-refractivity contribution in [2.75, 3.05) is 0 Å². The van der Waals surface area contributed by atoms with Crippen LogP contribution < -0.4 is 5.48 Å². The number of alkyl halides is 1. The second-order valence-electron chi connectivity index (χ2n) is 2.93. The smallest absolute Gasteiger partial charge is 0.163 e. The molecule has 2 nitrogen and oxygen atoms in total. The van der Waals surface area contributed by atoms with Crippen LogP contribution in [0.15, 0.2) is 12.1 Å². The second-order valence-corrected chi connectivity index (χ2v) is 2.93. The normalized spacial score (nSPS) is 12.9. The molecule has 0 saturated heterocycles. The van der Waals surface area contributed by atoms with Gasteiger partial charge in [0, 0.05) is 12.1 Å². The maximum Gasteiger partial charge on any atom is 0.163 e. The molecule has 0 aliphatic carbocycles. The van der Waals surface area contributed by atoms with Crippen molar-refractivity contribution in [2.24, 2.45) is 0 Å². The highest BCUT2D eigenvalue weighted by molar-refractivity contribution is 5.27. The first-order valence-corrected chi connectivity index (χ1v) is 4.05. The molecule has 1 rings (SSSR count). The van der Waals surface area contributed by atoms with E-state index in [-0.39, 0.29) is 17.7 Å². The minimum absolute atomic E-state index is 0.0501. The number of hydrogen-bond donors (Lipinski definition) is 2. The van der Waals surface area contributed by atoms with Gasteiger partial charge in [-0.25, -0.2) is 18.7 Å². The zero-order valence-electron chi connectivity index (χ0n) is 7.52. The number of hydrogen-bond acceptors (Lipinski definition) is 2. The van der Waals surface area contributed by atoms with Gasteiger partial charge in [-0.15, -0.1) is 0 Å². The van der Waals surface area contributed by atoms with Crippen LogP contribution in [-0.2, 0) is 6.54 Å². The van der Waals surface area contributed by atoms with E-state index in [4.69, 9.17) is 5.21 Å². The van der Waals surface area contributed by atoms with Crippen molar-refractivity contribution in [1.29, 1.82) is 0 Å². The molecule has 78 valence electrons. The molecule has 1 atom stereocenters. The lowest BCUT2D eigenvalue weighted by Crippen LogP contribution is -2.09. The highest BCUT2D eigenvalue weighted by atomic mass is 19.2. The third kappa shape index (κ3) is 2.24. The van der Waals surface area contributed by atoms with Gasteiger partial charge in [0.15, 0.2) is 11.6 Å². The highest BCUT2D eigenvalue weighted by Gasteiger charge is 2.13. The summed E-state index contributed by atoms with van der Waals surface area (Å²) in [5.41, 5.74) is 1.63. The molecule has 0 bridgehead atoms. The third-order valence-electron chi connectivity index (χ3n) is 1.85. The van der Waals surface area contributed by atoms with Crippen molar-refractivity contribution >= 4 is 0 Å². The average Bonchev–Trinajstić information content (AvgIpc) is 2.12. The molecular formula is C9H10F3NO. The summed E-state index contributed by atoms with van der Waals surface area (Å²) in [6.07, 6.45) is -1.37. The van der Waals surface area contributed by atoms with Gasteiger partial charge in [-0.2, -0.15) is 0 Å². The van der Waals surface area contributed by atoms with Crippen LogP contribution in [0.4, 0.5) is 13.2 Å². The van der Waals surface area contributed by atoms with Crippen LogP contribution in [0.3, 0.4) is 0 Å². The summed E-state index contributed by atoms with van der Waals surface area (Å²) < 4.78 is 38.6. The number of benzene rings is 1. The van der Waals surface area contributed by atoms with Gasteiger partial charge in [0.1, 0.15) is 6.17 Å². The molecule has 14 heavy (non-hydrogen) atoms. The highest BCUT2D eigenvalue weighted by Crippen LogP contribution is 2.22. The molecule has 0 aliphatic heterocycles. The number of nitrogens with one attached hydrogen (secondary N) is 1. The van der Waals surface area contributed by atoms with Crippen molar-refractivity contribution in [3.05, 3.63) is 34.9 Å². The van der Waals surface area contributed by atoms with E-state index in [1.54, 1.807) is 5.48 Å². The Morgan fingerprint density at radius 1 is 1.43 bits per heavy atom. The molecule has 0 amide bonds. The molecule has 0 saturated carbocycles. The van der Waals surface area contributed by atoms with Crippen molar-refractivity contribution in [1.82, 2.24) is 5.48 Å². The standard InChI is InChI=1S/C9H10F3NO/c1-5(10)6-2-7(4-13-14)9(12)8(11)3-6/h2-3,5,13-14H,4H2,1H3. The van der Waals surface area contributed by atoms with Crippen LogP contribution in [0.2, 0.25) is 0 Å². The van der Waals surface area contributed by atoms with E-state index < -0.39 is 17.8 Å². The fourth-order valence-electron chi connectivity index (χ4n) is 1.11. The maximum atomic E-state index is 13.0. The van der Waals surface area contributed by atoms with E-state index >= 15 is 0 Å². The minimum atomic E-state index is -1.37. The Morgan fingerprint density at radius 3 is 2.57 bits per heavy atom. The quantitative estimate of drug-likeness (QED) is 0.743. The summed E-state index contributed by atoms with van der Waals surface area (Å²) in [5.74, 6) is -2.19. The largest absolute Gasteiger partial charge is 0.316 e. The van der Waals surface area contributed by atoms with Crippen molar-refractivity contribution < 1.29 is 18.4 Å². The van der Waals surface area contributed by atoms with Gasteiger partial charge < -0.3 is 5.21 Å². The van der Waals surface area contributed by atoms with Gasteiger partial charge >= 0.3 is 0 Å². The molecule has 0 radical (unpaired) electrons. The van der Waals surface area contributed by atoms with E-state index in [0.717, 1.165) is 6.07 Å². The summed E-state index contributed by atoms with van der Waals surface area (Å²) in [7, 11) is 0. The summed E-state index contributed by atoms with van der Waals surface area (Å²) in [4.78, 5) is 0. The third-order valence-corrected chi connectivity index (χ3v) is 1.85. The Labute approximate surface area is 79.3 Å². The predicted molar refractivity (Wildman–Crippen MR) is 44.5 cm³/mol. The van der Waals surface area contributed by atoms with Gasteiger partial charge in [-0.05, 0) is 24.6 Å². The van der Waals surface area contributed by atoms with E-state index in [1.807, 2.05) is 0 Å². The molecular weight excluding hydrogens is 195 g/mol. The predicted octanol–water partition coefficient (Wildman–Crippen LogP) is 2.47. The Balaban J connectivity index is 3.14. The Bertz CT molecular complexity index is 328. The number of halogens is 3. The van der Waals surface area contributed by atoms with E-state index in [0.29, 0.717) is 0 Å². The average molecular weight is 205 g/mol. The Kier molecular flexibility index (Phi) is 3.49. The lowest BCUT2D eigenvalue weighted by Gasteiger charge is -2.07. The van der Waals surface area contributed by atoms with Crippen LogP contribution in [0.25, 0.3) is 0 Å². The first-order chi connectivity index (χ1) is 6.56. The van der Waals surface area contributed by atoms with E-state index in [2.05, 4.69) is 0 Å². The lowest BCUT2D eigenvalue weighted by molar-refractivity contribution is 0.159. The Hall–Kier alpha value is -1.07. The van der Waals surface area contributed by atoms with Crippen LogP contribution in [-0.4, -0.2) is 5.21 Å². The molecule has 0 spiro atoms. The summed E-state index contributed by atoms with van der Waals surface area (Å²) in [6.45, 7) is 0.964. The Morgan fingerprint density at radius 2 is 2.07 bits per heavy atom. The van der Waals surface area contributed by atoms with Crippen LogP contribution in [0, 0.1) is 11.6 Å². The van der Waals surface area contributed by atoms with Gasteiger partial charge in [-0.1, -0.05) is 0 Å². The monoisotopic (exact) mass is 205 g/mol. The summed E-state index contributed by atoms with van der Waals surface area (Å²) in [6, 6.07) is 1.98. The van der Waals surface area contributed by atoms with Gasteiger partial charge in [0.05, 0.1) is 0 Å². The van der Waals surface area contributed by atoms with Crippen LogP contribution >= 0.6 is 0 Å². The van der Waals surface area contributed by atoms with Crippen molar-refractivity contribution in [3.8, 4) is 0 Å². The molecule has 5 heteroatoms. The SMILES string of the molecule is CC(F)c1cc(F)c(F)c(CNO)c1. The molecule has 1 aromatic carbocycles. The topological polar surface area (TPSA) is 32.3 Å². The molecule has 1 aromatic rings. The lowest BCUT2D eigenvalue weighted by atomic mass is 10.1. The summed E-state index contributed by atoms with van der Waals surface area (Å²) >= 11 is 0. The maximum absolute atomic E-state index is 13.0. The van der Waals surface area contributed by atoms with Gasteiger partial charge in [0.25, 0.3) is 0 Å². The molecule has 1 unspecified atom stereocenters. The van der Waals surface area contributed by atoms with Crippen molar-refractivity contribution in [3.63, 3.8) is 0 Å². The first kappa shape index (κ1) is 11.0. The first-order valence-electron chi connectivity index (χ1n) is 4.05. The van der Waals surface area contributed by atoms with Crippen LogP contribution in [0.5, 0.6) is 0 Å². The van der Waals surface area contributed by atoms with E-state index in [9.17, 15) is 13.2 Å². The van der Waals surface area contributed by atoms with Crippen LogP contribution in [0.1, 0.15) is 24.2 Å². The van der Waals surface area contributed by atoms with E-state index in [1.165, 1.54) is 13.0 Å². The number of hydroxylamine groups is 1. The molecule has 0 fully saturated rings. The molecule has 0 aliphatic rings. The van der Waals surface area contributed by atoms with Gasteiger partial charge in [-0.3, -0.25) is 0 Å². The minimum Gasteiger partial charge on any atom is -0.316 e.